The van der Waals surface area contributed by atoms with Gasteiger partial charge in [0.2, 0.25) is 5.91 Å². The molecule has 0 aliphatic carbocycles. The second-order valence-corrected chi connectivity index (χ2v) is 4.67. The Balaban J connectivity index is 2.34. The van der Waals surface area contributed by atoms with Crippen LogP contribution in [-0.4, -0.2) is 28.0 Å². The summed E-state index contributed by atoms with van der Waals surface area (Å²) in [4.78, 5) is 25.8. The van der Waals surface area contributed by atoms with Gasteiger partial charge in [-0.1, -0.05) is 0 Å². The van der Waals surface area contributed by atoms with E-state index in [9.17, 15) is 9.59 Å². The van der Waals surface area contributed by atoms with E-state index in [1.54, 1.807) is 0 Å². The Bertz CT molecular complexity index is 403. The molecule has 0 aromatic carbocycles. The van der Waals surface area contributed by atoms with Crippen LogP contribution in [-0.2, 0) is 11.3 Å². The van der Waals surface area contributed by atoms with Crippen LogP contribution in [0.25, 0.3) is 0 Å². The number of carboxylic acid groups (broad SMARTS) is 1. The first-order chi connectivity index (χ1) is 7.99. The highest BCUT2D eigenvalue weighted by molar-refractivity contribution is 7.09. The predicted molar refractivity (Wildman–Crippen MR) is 63.8 cm³/mol. The van der Waals surface area contributed by atoms with E-state index in [4.69, 9.17) is 10.8 Å². The van der Waals surface area contributed by atoms with Crippen LogP contribution in [0.15, 0.2) is 5.38 Å². The lowest BCUT2D eigenvalue weighted by Gasteiger charge is -2.05. The highest BCUT2D eigenvalue weighted by Gasteiger charge is 2.09. The van der Waals surface area contributed by atoms with Crippen molar-refractivity contribution in [2.45, 2.75) is 32.4 Å². The molecule has 1 heterocycles. The maximum Gasteiger partial charge on any atom is 0.355 e. The first-order valence-electron chi connectivity index (χ1n) is 5.19. The normalized spacial score (nSPS) is 12.1. The second kappa shape index (κ2) is 6.31. The van der Waals surface area contributed by atoms with Gasteiger partial charge in [0.25, 0.3) is 0 Å². The van der Waals surface area contributed by atoms with Crippen molar-refractivity contribution in [3.8, 4) is 0 Å². The summed E-state index contributed by atoms with van der Waals surface area (Å²) in [5.41, 5.74) is 5.54. The number of rotatable bonds is 6. The van der Waals surface area contributed by atoms with Crippen molar-refractivity contribution in [1.82, 2.24) is 10.3 Å². The topological polar surface area (TPSA) is 105 Å². The second-order valence-electron chi connectivity index (χ2n) is 3.72. The molecule has 1 rings (SSSR count). The molecule has 0 fully saturated rings. The van der Waals surface area contributed by atoms with Crippen molar-refractivity contribution in [1.29, 1.82) is 0 Å². The van der Waals surface area contributed by atoms with Crippen LogP contribution in [0.3, 0.4) is 0 Å². The summed E-state index contributed by atoms with van der Waals surface area (Å²) in [5.74, 6) is -1.16. The van der Waals surface area contributed by atoms with E-state index in [1.165, 1.54) is 16.7 Å². The molecule has 6 nitrogen and oxygen atoms in total. The molecule has 0 aliphatic heterocycles. The smallest absolute Gasteiger partial charge is 0.355 e. The maximum absolute atomic E-state index is 11.4. The Labute approximate surface area is 103 Å². The van der Waals surface area contributed by atoms with Crippen LogP contribution in [0, 0.1) is 0 Å². The van der Waals surface area contributed by atoms with Crippen LogP contribution >= 0.6 is 11.3 Å². The summed E-state index contributed by atoms with van der Waals surface area (Å²) >= 11 is 1.21. The molecule has 0 saturated heterocycles. The summed E-state index contributed by atoms with van der Waals surface area (Å²) in [5, 5.41) is 13.4. The lowest BCUT2D eigenvalue weighted by Crippen LogP contribution is -2.25. The number of hydrogen-bond acceptors (Lipinski definition) is 5. The Kier molecular flexibility index (Phi) is 5.05. The van der Waals surface area contributed by atoms with Gasteiger partial charge in [-0.15, -0.1) is 11.3 Å². The number of amides is 1. The average Bonchev–Trinajstić information content (AvgIpc) is 2.72. The number of aromatic nitrogens is 1. The van der Waals surface area contributed by atoms with Crippen molar-refractivity contribution >= 4 is 23.2 Å². The van der Waals surface area contributed by atoms with Crippen molar-refractivity contribution in [2.75, 3.05) is 0 Å². The zero-order chi connectivity index (χ0) is 12.8. The van der Waals surface area contributed by atoms with Crippen LogP contribution in [0.4, 0.5) is 0 Å². The van der Waals surface area contributed by atoms with Gasteiger partial charge in [0.05, 0.1) is 6.54 Å². The molecule has 4 N–H and O–H groups in total. The standard InChI is InChI=1S/C10H15N3O3S/c1-6(11)2-3-8(14)12-4-9-13-7(5-17-9)10(15)16/h5-6H,2-4,11H2,1H3,(H,12,14)(H,15,16). The SMILES string of the molecule is CC(N)CCC(=O)NCc1nc(C(=O)O)cs1. The molecule has 0 aliphatic rings. The van der Waals surface area contributed by atoms with E-state index in [1.807, 2.05) is 6.92 Å². The molecule has 0 saturated carbocycles. The third-order valence-corrected chi connectivity index (χ3v) is 2.88. The van der Waals surface area contributed by atoms with Crippen LogP contribution in [0.1, 0.15) is 35.3 Å². The Hall–Kier alpha value is -1.47. The first-order valence-corrected chi connectivity index (χ1v) is 6.07. The van der Waals surface area contributed by atoms with Crippen LogP contribution in [0.5, 0.6) is 0 Å². The fourth-order valence-corrected chi connectivity index (χ4v) is 1.82. The largest absolute Gasteiger partial charge is 0.476 e. The molecule has 17 heavy (non-hydrogen) atoms. The lowest BCUT2D eigenvalue weighted by atomic mass is 10.2. The lowest BCUT2D eigenvalue weighted by molar-refractivity contribution is -0.121. The Morgan fingerprint density at radius 3 is 2.88 bits per heavy atom. The van der Waals surface area contributed by atoms with E-state index in [-0.39, 0.29) is 24.2 Å². The molecule has 1 unspecified atom stereocenters. The van der Waals surface area contributed by atoms with Gasteiger partial charge >= 0.3 is 5.97 Å². The first kappa shape index (κ1) is 13.6. The number of nitrogens with two attached hydrogens (primary N) is 1. The van der Waals surface area contributed by atoms with E-state index in [0.29, 0.717) is 17.8 Å². The number of aromatic carboxylic acids is 1. The number of carbonyl (C=O) groups is 2. The molecule has 0 spiro atoms. The van der Waals surface area contributed by atoms with Gasteiger partial charge < -0.3 is 16.2 Å². The molecule has 1 aromatic heterocycles. The Morgan fingerprint density at radius 2 is 2.35 bits per heavy atom. The molecule has 94 valence electrons. The van der Waals surface area contributed by atoms with Gasteiger partial charge in [-0.3, -0.25) is 4.79 Å². The summed E-state index contributed by atoms with van der Waals surface area (Å²) < 4.78 is 0. The molecule has 7 heteroatoms. The van der Waals surface area contributed by atoms with Gasteiger partial charge in [-0.05, 0) is 13.3 Å². The fraction of sp³-hybridized carbons (Fsp3) is 0.500. The van der Waals surface area contributed by atoms with Gasteiger partial charge in [0.15, 0.2) is 5.69 Å². The van der Waals surface area contributed by atoms with E-state index in [2.05, 4.69) is 10.3 Å². The van der Waals surface area contributed by atoms with Crippen molar-refractivity contribution in [2.24, 2.45) is 5.73 Å². The number of nitrogens with zero attached hydrogens (tertiary/aromatic N) is 1. The van der Waals surface area contributed by atoms with E-state index in [0.717, 1.165) is 0 Å². The maximum atomic E-state index is 11.4. The monoisotopic (exact) mass is 257 g/mol. The number of carbonyl (C=O) groups excluding carboxylic acids is 1. The van der Waals surface area contributed by atoms with Crippen LogP contribution < -0.4 is 11.1 Å². The number of hydrogen-bond donors (Lipinski definition) is 3. The molecule has 0 radical (unpaired) electrons. The summed E-state index contributed by atoms with van der Waals surface area (Å²) in [6.45, 7) is 2.10. The summed E-state index contributed by atoms with van der Waals surface area (Å²) in [6.07, 6.45) is 0.999. The fourth-order valence-electron chi connectivity index (χ4n) is 1.11. The third-order valence-electron chi connectivity index (χ3n) is 2.03. The van der Waals surface area contributed by atoms with Gasteiger partial charge in [0, 0.05) is 17.8 Å². The quantitative estimate of drug-likeness (QED) is 0.691. The third kappa shape index (κ3) is 4.92. The van der Waals surface area contributed by atoms with Crippen molar-refractivity contribution in [3.05, 3.63) is 16.1 Å². The summed E-state index contributed by atoms with van der Waals surface area (Å²) in [7, 11) is 0. The van der Waals surface area contributed by atoms with E-state index < -0.39 is 5.97 Å². The molecule has 1 amide bonds. The minimum absolute atomic E-state index is 0.000717. The average molecular weight is 257 g/mol. The molecular weight excluding hydrogens is 242 g/mol. The molecular formula is C10H15N3O3S. The van der Waals surface area contributed by atoms with Crippen molar-refractivity contribution in [3.63, 3.8) is 0 Å². The van der Waals surface area contributed by atoms with Gasteiger partial charge in [0.1, 0.15) is 5.01 Å². The van der Waals surface area contributed by atoms with Gasteiger partial charge in [-0.25, -0.2) is 9.78 Å². The molecule has 1 aromatic rings. The van der Waals surface area contributed by atoms with E-state index >= 15 is 0 Å². The number of carboxylic acids is 1. The van der Waals surface area contributed by atoms with Crippen molar-refractivity contribution < 1.29 is 14.7 Å². The predicted octanol–water partition coefficient (Wildman–Crippen LogP) is 0.585. The highest BCUT2D eigenvalue weighted by Crippen LogP contribution is 2.09. The highest BCUT2D eigenvalue weighted by atomic mass is 32.1. The number of thiazole rings is 1. The molecule has 0 bridgehead atoms. The summed E-state index contributed by atoms with van der Waals surface area (Å²) in [6, 6.07) is -0.000717. The number of nitrogens with one attached hydrogen (secondary N) is 1. The minimum atomic E-state index is -1.06. The zero-order valence-corrected chi connectivity index (χ0v) is 10.3. The molecule has 1 atom stereocenters. The Morgan fingerprint density at radius 1 is 1.65 bits per heavy atom. The zero-order valence-electron chi connectivity index (χ0n) is 9.47. The van der Waals surface area contributed by atoms with Crippen LogP contribution in [0.2, 0.25) is 0 Å². The van der Waals surface area contributed by atoms with Gasteiger partial charge in [-0.2, -0.15) is 0 Å². The minimum Gasteiger partial charge on any atom is -0.476 e.